The SMILES string of the molecule is NC1=NN(c2ccccc2)C(c2cccs2)C1. The third kappa shape index (κ3) is 1.91. The molecule has 0 fully saturated rings. The molecule has 0 spiro atoms. The predicted molar refractivity (Wildman–Crippen MR) is 72.2 cm³/mol. The topological polar surface area (TPSA) is 41.6 Å². The van der Waals surface area contributed by atoms with Crippen LogP contribution in [0.15, 0.2) is 52.9 Å². The van der Waals surface area contributed by atoms with Gasteiger partial charge in [-0.15, -0.1) is 11.3 Å². The summed E-state index contributed by atoms with van der Waals surface area (Å²) in [4.78, 5) is 1.30. The third-order valence-electron chi connectivity index (χ3n) is 2.83. The number of para-hydroxylation sites is 1. The minimum absolute atomic E-state index is 0.248. The lowest BCUT2D eigenvalue weighted by Crippen LogP contribution is -2.17. The smallest absolute Gasteiger partial charge is 0.122 e. The van der Waals surface area contributed by atoms with Crippen LogP contribution >= 0.6 is 11.3 Å². The van der Waals surface area contributed by atoms with E-state index in [-0.39, 0.29) is 6.04 Å². The fourth-order valence-electron chi connectivity index (χ4n) is 2.05. The first-order chi connectivity index (χ1) is 8.34. The molecule has 2 aromatic rings. The zero-order valence-corrected chi connectivity index (χ0v) is 10.1. The molecule has 3 nitrogen and oxygen atoms in total. The Bertz CT molecular complexity index is 519. The molecule has 1 aliphatic heterocycles. The highest BCUT2D eigenvalue weighted by Gasteiger charge is 2.28. The highest BCUT2D eigenvalue weighted by molar-refractivity contribution is 7.10. The molecule has 0 radical (unpaired) electrons. The van der Waals surface area contributed by atoms with Crippen LogP contribution in [0.25, 0.3) is 0 Å². The van der Waals surface area contributed by atoms with Crippen molar-refractivity contribution in [1.82, 2.24) is 0 Å². The summed E-state index contributed by atoms with van der Waals surface area (Å²) in [5, 5.41) is 8.54. The van der Waals surface area contributed by atoms with Gasteiger partial charge in [-0.1, -0.05) is 24.3 Å². The zero-order valence-electron chi connectivity index (χ0n) is 9.28. The maximum Gasteiger partial charge on any atom is 0.122 e. The van der Waals surface area contributed by atoms with E-state index in [0.717, 1.165) is 12.1 Å². The number of nitrogens with two attached hydrogens (primary N) is 1. The van der Waals surface area contributed by atoms with Crippen LogP contribution in [0.3, 0.4) is 0 Å². The quantitative estimate of drug-likeness (QED) is 0.881. The summed E-state index contributed by atoms with van der Waals surface area (Å²) in [6.45, 7) is 0. The highest BCUT2D eigenvalue weighted by atomic mass is 32.1. The molecule has 0 aliphatic carbocycles. The van der Waals surface area contributed by atoms with Gasteiger partial charge >= 0.3 is 0 Å². The number of amidine groups is 1. The second-order valence-electron chi connectivity index (χ2n) is 4.01. The van der Waals surface area contributed by atoms with Crippen molar-refractivity contribution in [2.24, 2.45) is 10.8 Å². The van der Waals surface area contributed by atoms with E-state index in [9.17, 15) is 0 Å². The Balaban J connectivity index is 1.96. The monoisotopic (exact) mass is 243 g/mol. The lowest BCUT2D eigenvalue weighted by molar-refractivity contribution is 0.721. The second kappa shape index (κ2) is 4.22. The van der Waals surface area contributed by atoms with Crippen LogP contribution in [0.2, 0.25) is 0 Å². The summed E-state index contributed by atoms with van der Waals surface area (Å²) in [6, 6.07) is 14.6. The third-order valence-corrected chi connectivity index (χ3v) is 3.80. The Hall–Kier alpha value is -1.81. The van der Waals surface area contributed by atoms with Gasteiger partial charge in [0.25, 0.3) is 0 Å². The van der Waals surface area contributed by atoms with Crippen molar-refractivity contribution in [3.05, 3.63) is 52.7 Å². The van der Waals surface area contributed by atoms with Gasteiger partial charge in [-0.2, -0.15) is 5.10 Å². The molecule has 3 rings (SSSR count). The van der Waals surface area contributed by atoms with Gasteiger partial charge in [-0.05, 0) is 23.6 Å². The number of hydrogen-bond acceptors (Lipinski definition) is 4. The average molecular weight is 243 g/mol. The molecule has 1 aromatic carbocycles. The van der Waals surface area contributed by atoms with Gasteiger partial charge in [0.15, 0.2) is 0 Å². The minimum Gasteiger partial charge on any atom is -0.386 e. The number of thiophene rings is 1. The number of benzene rings is 1. The largest absolute Gasteiger partial charge is 0.386 e. The molecule has 2 heterocycles. The first-order valence-electron chi connectivity index (χ1n) is 5.55. The zero-order chi connectivity index (χ0) is 11.7. The van der Waals surface area contributed by atoms with Gasteiger partial charge in [0, 0.05) is 11.3 Å². The van der Waals surface area contributed by atoms with E-state index in [4.69, 9.17) is 5.73 Å². The summed E-state index contributed by atoms with van der Waals surface area (Å²) in [7, 11) is 0. The van der Waals surface area contributed by atoms with E-state index in [2.05, 4.69) is 34.7 Å². The van der Waals surface area contributed by atoms with E-state index < -0.39 is 0 Å². The summed E-state index contributed by atoms with van der Waals surface area (Å²) in [5.41, 5.74) is 6.96. The Morgan fingerprint density at radius 2 is 2.00 bits per heavy atom. The van der Waals surface area contributed by atoms with Gasteiger partial charge in [0.2, 0.25) is 0 Å². The maximum atomic E-state index is 5.87. The Morgan fingerprint density at radius 3 is 2.71 bits per heavy atom. The van der Waals surface area contributed by atoms with Crippen molar-refractivity contribution in [2.75, 3.05) is 5.01 Å². The fourth-order valence-corrected chi connectivity index (χ4v) is 2.87. The molecule has 1 aliphatic rings. The van der Waals surface area contributed by atoms with Crippen LogP contribution in [0.1, 0.15) is 17.3 Å². The van der Waals surface area contributed by atoms with Gasteiger partial charge in [-0.25, -0.2) is 0 Å². The van der Waals surface area contributed by atoms with E-state index in [1.807, 2.05) is 23.2 Å². The van der Waals surface area contributed by atoms with Crippen LogP contribution in [0, 0.1) is 0 Å². The molecule has 0 bridgehead atoms. The molecular formula is C13H13N3S. The van der Waals surface area contributed by atoms with E-state index in [1.54, 1.807) is 11.3 Å². The number of anilines is 1. The maximum absolute atomic E-state index is 5.87. The van der Waals surface area contributed by atoms with Crippen molar-refractivity contribution >= 4 is 22.9 Å². The Labute approximate surface area is 104 Å². The molecular weight excluding hydrogens is 230 g/mol. The molecule has 1 atom stereocenters. The molecule has 1 aromatic heterocycles. The van der Waals surface area contributed by atoms with Crippen LogP contribution in [-0.2, 0) is 0 Å². The molecule has 4 heteroatoms. The predicted octanol–water partition coefficient (Wildman–Crippen LogP) is 2.97. The summed E-state index contributed by atoms with van der Waals surface area (Å²) in [6.07, 6.45) is 0.801. The first kappa shape index (κ1) is 10.4. The molecule has 1 unspecified atom stereocenters. The number of hydrazone groups is 1. The van der Waals surface area contributed by atoms with Gasteiger partial charge in [0.1, 0.15) is 5.84 Å². The van der Waals surface area contributed by atoms with Crippen LogP contribution in [0.4, 0.5) is 5.69 Å². The molecule has 86 valence electrons. The molecule has 17 heavy (non-hydrogen) atoms. The van der Waals surface area contributed by atoms with E-state index in [1.165, 1.54) is 4.88 Å². The lowest BCUT2D eigenvalue weighted by atomic mass is 10.1. The van der Waals surface area contributed by atoms with Gasteiger partial charge in [0.05, 0.1) is 11.7 Å². The van der Waals surface area contributed by atoms with E-state index in [0.29, 0.717) is 5.84 Å². The molecule has 2 N–H and O–H groups in total. The van der Waals surface area contributed by atoms with Crippen molar-refractivity contribution in [1.29, 1.82) is 0 Å². The first-order valence-corrected chi connectivity index (χ1v) is 6.43. The van der Waals surface area contributed by atoms with Crippen LogP contribution < -0.4 is 10.7 Å². The van der Waals surface area contributed by atoms with Crippen molar-refractivity contribution in [3.63, 3.8) is 0 Å². The van der Waals surface area contributed by atoms with Crippen LogP contribution in [0.5, 0.6) is 0 Å². The van der Waals surface area contributed by atoms with Crippen molar-refractivity contribution in [2.45, 2.75) is 12.5 Å². The summed E-state index contributed by atoms with van der Waals surface area (Å²) < 4.78 is 0. The lowest BCUT2D eigenvalue weighted by Gasteiger charge is -2.22. The van der Waals surface area contributed by atoms with Crippen molar-refractivity contribution < 1.29 is 0 Å². The normalized spacial score (nSPS) is 19.4. The standard InChI is InChI=1S/C13H13N3S/c14-13-9-11(12-7-4-8-17-12)16(15-13)10-5-2-1-3-6-10/h1-8,11H,9H2,(H2,14,15). The number of nitrogens with zero attached hydrogens (tertiary/aromatic N) is 2. The Morgan fingerprint density at radius 1 is 1.18 bits per heavy atom. The fraction of sp³-hybridized carbons (Fsp3) is 0.154. The molecule has 0 saturated heterocycles. The van der Waals surface area contributed by atoms with Crippen molar-refractivity contribution in [3.8, 4) is 0 Å². The second-order valence-corrected chi connectivity index (χ2v) is 4.99. The van der Waals surface area contributed by atoms with Gasteiger partial charge < -0.3 is 5.73 Å². The number of rotatable bonds is 2. The van der Waals surface area contributed by atoms with E-state index >= 15 is 0 Å². The minimum atomic E-state index is 0.248. The Kier molecular flexibility index (Phi) is 2.57. The molecule has 0 amide bonds. The summed E-state index contributed by atoms with van der Waals surface area (Å²) in [5.74, 6) is 0.701. The number of hydrogen-bond donors (Lipinski definition) is 1. The van der Waals surface area contributed by atoms with Crippen LogP contribution in [-0.4, -0.2) is 5.84 Å². The highest BCUT2D eigenvalue weighted by Crippen LogP contribution is 2.35. The summed E-state index contributed by atoms with van der Waals surface area (Å²) >= 11 is 1.75. The van der Waals surface area contributed by atoms with Gasteiger partial charge in [-0.3, -0.25) is 5.01 Å². The molecule has 0 saturated carbocycles. The average Bonchev–Trinajstić information content (AvgIpc) is 2.98.